The van der Waals surface area contributed by atoms with Crippen molar-refractivity contribution in [2.24, 2.45) is 0 Å². The fraction of sp³-hybridized carbons (Fsp3) is 0.613. The van der Waals surface area contributed by atoms with E-state index in [0.29, 0.717) is 31.8 Å². The van der Waals surface area contributed by atoms with Crippen LogP contribution in [0, 0.1) is 5.82 Å². The molecule has 2 fully saturated rings. The summed E-state index contributed by atoms with van der Waals surface area (Å²) in [6.07, 6.45) is 9.32. The molecule has 0 aliphatic carbocycles. The molecule has 1 aromatic carbocycles. The van der Waals surface area contributed by atoms with E-state index in [-0.39, 0.29) is 11.9 Å². The molecule has 1 unspecified atom stereocenters. The van der Waals surface area contributed by atoms with Crippen LogP contribution in [0.1, 0.15) is 73.4 Å². The molecule has 0 spiro atoms. The fourth-order valence-corrected chi connectivity index (χ4v) is 6.34. The topological polar surface area (TPSA) is 87.2 Å². The number of hydrogen-bond donors (Lipinski definition) is 2. The highest BCUT2D eigenvalue weighted by Gasteiger charge is 2.36. The van der Waals surface area contributed by atoms with Gasteiger partial charge in [-0.2, -0.15) is 0 Å². The zero-order valence-electron chi connectivity index (χ0n) is 23.7. The number of likely N-dealkylation sites (tertiary alicyclic amines) is 2. The van der Waals surface area contributed by atoms with Crippen LogP contribution in [0.5, 0.6) is 5.75 Å². The first-order valence-corrected chi connectivity index (χ1v) is 14.9. The smallest absolute Gasteiger partial charge is 0.325 e. The number of unbranched alkanes of at least 4 members (excludes halogenated alkanes) is 2. The highest BCUT2D eigenvalue weighted by molar-refractivity contribution is 5.77. The van der Waals surface area contributed by atoms with Gasteiger partial charge in [0.2, 0.25) is 0 Å². The first kappa shape index (κ1) is 28.8. The van der Waals surface area contributed by atoms with Crippen LogP contribution in [-0.4, -0.2) is 78.4 Å². The first-order chi connectivity index (χ1) is 19.5. The van der Waals surface area contributed by atoms with Crippen molar-refractivity contribution in [1.29, 1.82) is 0 Å². The van der Waals surface area contributed by atoms with E-state index in [1.54, 1.807) is 0 Å². The minimum Gasteiger partial charge on any atom is -0.493 e. The second-order valence-electron chi connectivity index (χ2n) is 11.4. The lowest BCUT2D eigenvalue weighted by Gasteiger charge is -2.27. The van der Waals surface area contributed by atoms with Gasteiger partial charge in [0.1, 0.15) is 11.9 Å². The van der Waals surface area contributed by atoms with Crippen molar-refractivity contribution in [3.05, 3.63) is 52.5 Å². The Balaban J connectivity index is 1.11. The van der Waals surface area contributed by atoms with E-state index in [1.807, 2.05) is 11.0 Å². The van der Waals surface area contributed by atoms with Gasteiger partial charge >= 0.3 is 5.97 Å². The van der Waals surface area contributed by atoms with Crippen LogP contribution in [0.15, 0.2) is 24.3 Å². The number of pyridine rings is 1. The second-order valence-corrected chi connectivity index (χ2v) is 11.4. The summed E-state index contributed by atoms with van der Waals surface area (Å²) in [5.41, 5.74) is 3.63. The van der Waals surface area contributed by atoms with Gasteiger partial charge < -0.3 is 19.9 Å². The number of nitrogens with zero attached hydrogens (tertiary/aromatic N) is 3. The third kappa shape index (κ3) is 7.11. The normalized spacial score (nSPS) is 20.3. The van der Waals surface area contributed by atoms with E-state index in [9.17, 15) is 9.90 Å². The molecule has 9 heteroatoms. The molecular weight excluding hydrogens is 511 g/mol. The minimum absolute atomic E-state index is 0.0196. The molecule has 218 valence electrons. The molecule has 0 radical (unpaired) electrons. The van der Waals surface area contributed by atoms with Gasteiger partial charge in [0.15, 0.2) is 11.6 Å². The van der Waals surface area contributed by atoms with Gasteiger partial charge in [-0.25, -0.2) is 9.37 Å². The Morgan fingerprint density at radius 1 is 1.18 bits per heavy atom. The zero-order chi connectivity index (χ0) is 27.9. The Labute approximate surface area is 236 Å². The van der Waals surface area contributed by atoms with E-state index >= 15 is 4.39 Å². The molecule has 0 bridgehead atoms. The van der Waals surface area contributed by atoms with Gasteiger partial charge in [0.25, 0.3) is 0 Å². The monoisotopic (exact) mass is 554 g/mol. The number of carbonyl (C=O) groups is 1. The molecule has 2 atom stereocenters. The molecule has 1 aromatic heterocycles. The fourth-order valence-electron chi connectivity index (χ4n) is 6.34. The van der Waals surface area contributed by atoms with Crippen molar-refractivity contribution in [1.82, 2.24) is 14.8 Å². The number of ether oxygens (including phenoxy) is 2. The molecule has 40 heavy (non-hydrogen) atoms. The molecule has 2 N–H and O–H groups in total. The molecule has 0 saturated carbocycles. The van der Waals surface area contributed by atoms with Crippen LogP contribution in [0.3, 0.4) is 0 Å². The molecule has 3 aliphatic rings. The van der Waals surface area contributed by atoms with Gasteiger partial charge in [-0.1, -0.05) is 12.5 Å². The van der Waals surface area contributed by atoms with Crippen LogP contribution < -0.4 is 10.1 Å². The maximum absolute atomic E-state index is 15.0. The van der Waals surface area contributed by atoms with Crippen molar-refractivity contribution in [3.63, 3.8) is 0 Å². The van der Waals surface area contributed by atoms with Gasteiger partial charge in [0, 0.05) is 44.0 Å². The lowest BCUT2D eigenvalue weighted by atomic mass is 10.0. The number of halogens is 1. The Kier molecular flexibility index (Phi) is 9.88. The van der Waals surface area contributed by atoms with Crippen molar-refractivity contribution in [2.45, 2.75) is 76.5 Å². The quantitative estimate of drug-likeness (QED) is 0.341. The second kappa shape index (κ2) is 13.7. The predicted octanol–water partition coefficient (Wildman–Crippen LogP) is 4.81. The SMILES string of the molecule is COc1c(F)cc(CN2CCCC2)cc1C(C(=O)O)N1CC[C@@H](OCCCCCc2ccc3c(n2)NCCC3)C1. The standard InChI is InChI=1S/C31H43FN4O4/c1-39-29-26(18-22(19-27(29)32)20-35-14-4-5-15-35)28(31(37)38)36-16-12-25(21-36)40-17-6-2-3-9-24-11-10-23-8-7-13-33-30(23)34-24/h10-11,18-19,25,28H,2-9,12-17,20-21H2,1H3,(H,33,34)(H,37,38)/t25-,28?/m1/s1. The Morgan fingerprint density at radius 3 is 2.83 bits per heavy atom. The number of hydrogen-bond acceptors (Lipinski definition) is 7. The molecule has 2 saturated heterocycles. The molecule has 2 aromatic rings. The largest absolute Gasteiger partial charge is 0.493 e. The first-order valence-electron chi connectivity index (χ1n) is 14.9. The number of rotatable bonds is 13. The van der Waals surface area contributed by atoms with Gasteiger partial charge in [0.05, 0.1) is 13.2 Å². The number of methoxy groups -OCH3 is 1. The molecule has 3 aliphatic heterocycles. The Bertz CT molecular complexity index is 1160. The molecular formula is C31H43FN4O4. The average molecular weight is 555 g/mol. The van der Waals surface area contributed by atoms with Gasteiger partial charge in [-0.3, -0.25) is 14.6 Å². The summed E-state index contributed by atoms with van der Waals surface area (Å²) in [6.45, 7) is 5.33. The number of aliphatic carboxylic acids is 1. The van der Waals surface area contributed by atoms with Crippen molar-refractivity contribution >= 4 is 11.8 Å². The summed E-state index contributed by atoms with van der Waals surface area (Å²) in [7, 11) is 1.40. The van der Waals surface area contributed by atoms with E-state index in [2.05, 4.69) is 22.3 Å². The maximum Gasteiger partial charge on any atom is 0.325 e. The van der Waals surface area contributed by atoms with E-state index < -0.39 is 17.8 Å². The minimum atomic E-state index is -0.998. The lowest BCUT2D eigenvalue weighted by Crippen LogP contribution is -2.34. The zero-order valence-corrected chi connectivity index (χ0v) is 23.7. The number of carboxylic acid groups (broad SMARTS) is 1. The van der Waals surface area contributed by atoms with E-state index in [0.717, 1.165) is 88.1 Å². The summed E-state index contributed by atoms with van der Waals surface area (Å²) in [6, 6.07) is 6.68. The number of fused-ring (bicyclic) bond motifs is 1. The Morgan fingerprint density at radius 2 is 2.02 bits per heavy atom. The summed E-state index contributed by atoms with van der Waals surface area (Å²) >= 11 is 0. The van der Waals surface area contributed by atoms with Gasteiger partial charge in [-0.05, 0) is 93.8 Å². The van der Waals surface area contributed by atoms with E-state index in [4.69, 9.17) is 14.5 Å². The van der Waals surface area contributed by atoms with Crippen LogP contribution in [-0.2, 0) is 28.9 Å². The predicted molar refractivity (Wildman–Crippen MR) is 152 cm³/mol. The summed E-state index contributed by atoms with van der Waals surface area (Å²) in [5.74, 6) is -0.431. The highest BCUT2D eigenvalue weighted by Crippen LogP contribution is 2.36. The van der Waals surface area contributed by atoms with Crippen LogP contribution in [0.4, 0.5) is 10.2 Å². The summed E-state index contributed by atoms with van der Waals surface area (Å²) in [5, 5.41) is 13.6. The third-order valence-electron chi connectivity index (χ3n) is 8.39. The summed E-state index contributed by atoms with van der Waals surface area (Å²) < 4.78 is 26.5. The van der Waals surface area contributed by atoms with E-state index in [1.165, 1.54) is 25.2 Å². The van der Waals surface area contributed by atoms with Gasteiger partial charge in [-0.15, -0.1) is 0 Å². The highest BCUT2D eigenvalue weighted by atomic mass is 19.1. The molecule has 0 amide bonds. The van der Waals surface area contributed by atoms with Crippen molar-refractivity contribution in [2.75, 3.05) is 51.8 Å². The Hall–Kier alpha value is -2.75. The third-order valence-corrected chi connectivity index (χ3v) is 8.39. The number of benzene rings is 1. The van der Waals surface area contributed by atoms with Crippen molar-refractivity contribution in [3.8, 4) is 5.75 Å². The number of anilines is 1. The summed E-state index contributed by atoms with van der Waals surface area (Å²) in [4.78, 5) is 21.4. The maximum atomic E-state index is 15.0. The molecule has 5 rings (SSSR count). The van der Waals surface area contributed by atoms with Crippen LogP contribution in [0.2, 0.25) is 0 Å². The molecule has 8 nitrogen and oxygen atoms in total. The average Bonchev–Trinajstić information content (AvgIpc) is 3.63. The van der Waals surface area contributed by atoms with Crippen LogP contribution >= 0.6 is 0 Å². The molecule has 4 heterocycles. The number of aromatic nitrogens is 1. The number of aryl methyl sites for hydroxylation is 2. The number of carboxylic acids is 1. The van der Waals surface area contributed by atoms with Crippen molar-refractivity contribution < 1.29 is 23.8 Å². The van der Waals surface area contributed by atoms with Crippen LogP contribution in [0.25, 0.3) is 0 Å². The number of nitrogens with one attached hydrogen (secondary N) is 1. The lowest BCUT2D eigenvalue weighted by molar-refractivity contribution is -0.143.